The molecule has 0 aliphatic carbocycles. The molecule has 0 radical (unpaired) electrons. The van der Waals surface area contributed by atoms with Crippen molar-refractivity contribution in [2.24, 2.45) is 16.0 Å². The molecule has 3 rings (SSSR count). The van der Waals surface area contributed by atoms with Gasteiger partial charge in [0.25, 0.3) is 0 Å². The van der Waals surface area contributed by atoms with E-state index in [0.29, 0.717) is 5.92 Å². The first-order chi connectivity index (χ1) is 12.1. The van der Waals surface area contributed by atoms with Gasteiger partial charge >= 0.3 is 0 Å². The van der Waals surface area contributed by atoms with Crippen LogP contribution in [-0.4, -0.2) is 10.9 Å². The Kier molecular flexibility index (Phi) is 5.34. The Morgan fingerprint density at radius 2 is 1.92 bits per heavy atom. The molecule has 2 aromatic heterocycles. The number of thiazole rings is 1. The molecule has 0 spiro atoms. The third-order valence-electron chi connectivity index (χ3n) is 3.88. The molecule has 0 saturated carbocycles. The van der Waals surface area contributed by atoms with E-state index in [2.05, 4.69) is 51.0 Å². The zero-order chi connectivity index (χ0) is 17.8. The summed E-state index contributed by atoms with van der Waals surface area (Å²) in [5.74, 6) is 1.36. The monoisotopic (exact) mass is 353 g/mol. The zero-order valence-corrected chi connectivity index (χ0v) is 15.9. The fourth-order valence-electron chi connectivity index (χ4n) is 2.50. The van der Waals surface area contributed by atoms with Crippen LogP contribution in [0.5, 0.6) is 0 Å². The number of hydrogen-bond donors (Lipinski definition) is 0. The Bertz CT molecular complexity index is 910. The van der Waals surface area contributed by atoms with Gasteiger partial charge in [-0.3, -0.25) is 0 Å². The summed E-state index contributed by atoms with van der Waals surface area (Å²) in [4.78, 5) is 5.73. The SMILES string of the molecule is Cc1cccc(C)c1N=c1scc(-c2ccco2)n1N=CCC(C)C. The van der Waals surface area contributed by atoms with Crippen molar-refractivity contribution < 1.29 is 4.42 Å². The van der Waals surface area contributed by atoms with Crippen LogP contribution in [0.1, 0.15) is 31.4 Å². The van der Waals surface area contributed by atoms with Crippen LogP contribution in [0.3, 0.4) is 0 Å². The number of nitrogens with zero attached hydrogens (tertiary/aromatic N) is 3. The van der Waals surface area contributed by atoms with Gasteiger partial charge < -0.3 is 4.42 Å². The first kappa shape index (κ1) is 17.4. The van der Waals surface area contributed by atoms with E-state index in [0.717, 1.165) is 39.5 Å². The largest absolute Gasteiger partial charge is 0.463 e. The lowest BCUT2D eigenvalue weighted by atomic mass is 10.1. The molecule has 0 unspecified atom stereocenters. The molecule has 0 amide bonds. The summed E-state index contributed by atoms with van der Waals surface area (Å²) in [6.45, 7) is 8.53. The highest BCUT2D eigenvalue weighted by atomic mass is 32.1. The number of para-hydroxylation sites is 1. The van der Waals surface area contributed by atoms with Gasteiger partial charge in [-0.15, -0.1) is 11.3 Å². The standard InChI is InChI=1S/C20H23N3OS/c1-14(2)10-11-21-23-17(18-9-6-12-24-18)13-25-20(23)22-19-15(3)7-5-8-16(19)4/h5-9,11-14H,10H2,1-4H3. The van der Waals surface area contributed by atoms with Crippen molar-refractivity contribution in [3.8, 4) is 11.5 Å². The minimum atomic E-state index is 0.564. The predicted octanol–water partition coefficient (Wildman–Crippen LogP) is 5.54. The Morgan fingerprint density at radius 3 is 2.56 bits per heavy atom. The first-order valence-electron chi connectivity index (χ1n) is 8.44. The molecule has 25 heavy (non-hydrogen) atoms. The molecule has 0 fully saturated rings. The Labute approximate surface area is 152 Å². The van der Waals surface area contributed by atoms with Gasteiger partial charge in [-0.1, -0.05) is 32.0 Å². The van der Waals surface area contributed by atoms with Crippen LogP contribution in [0.15, 0.2) is 56.5 Å². The number of hydrogen-bond acceptors (Lipinski definition) is 4. The van der Waals surface area contributed by atoms with Crippen LogP contribution in [-0.2, 0) is 0 Å². The Morgan fingerprint density at radius 1 is 1.16 bits per heavy atom. The second kappa shape index (κ2) is 7.66. The fourth-order valence-corrected chi connectivity index (χ4v) is 3.32. The molecule has 4 nitrogen and oxygen atoms in total. The van der Waals surface area contributed by atoms with Gasteiger partial charge in [-0.2, -0.15) is 5.10 Å². The van der Waals surface area contributed by atoms with E-state index in [-0.39, 0.29) is 0 Å². The molecule has 0 aliphatic heterocycles. The van der Waals surface area contributed by atoms with E-state index in [1.165, 1.54) is 0 Å². The smallest absolute Gasteiger partial charge is 0.211 e. The van der Waals surface area contributed by atoms with Crippen LogP contribution in [0.4, 0.5) is 5.69 Å². The van der Waals surface area contributed by atoms with Gasteiger partial charge in [0.15, 0.2) is 5.76 Å². The van der Waals surface area contributed by atoms with Gasteiger partial charge in [0.05, 0.1) is 12.0 Å². The topological polar surface area (TPSA) is 42.8 Å². The molecule has 0 aliphatic rings. The predicted molar refractivity (Wildman–Crippen MR) is 104 cm³/mol. The van der Waals surface area contributed by atoms with Crippen LogP contribution in [0.25, 0.3) is 11.5 Å². The fraction of sp³-hybridized carbons (Fsp3) is 0.300. The average molecular weight is 353 g/mol. The summed E-state index contributed by atoms with van der Waals surface area (Å²) in [6.07, 6.45) is 4.55. The Hall–Kier alpha value is -2.40. The van der Waals surface area contributed by atoms with E-state index in [1.807, 2.05) is 28.4 Å². The molecular formula is C20H23N3OS. The maximum Gasteiger partial charge on any atom is 0.211 e. The van der Waals surface area contributed by atoms with Crippen molar-refractivity contribution in [2.45, 2.75) is 34.1 Å². The second-order valence-electron chi connectivity index (χ2n) is 6.47. The maximum absolute atomic E-state index is 5.57. The quantitative estimate of drug-likeness (QED) is 0.555. The van der Waals surface area contributed by atoms with Crippen molar-refractivity contribution >= 4 is 23.2 Å². The molecule has 0 bridgehead atoms. The summed E-state index contributed by atoms with van der Waals surface area (Å²) in [5.41, 5.74) is 4.24. The molecule has 130 valence electrons. The van der Waals surface area contributed by atoms with Crippen LogP contribution in [0.2, 0.25) is 0 Å². The van der Waals surface area contributed by atoms with E-state index in [4.69, 9.17) is 9.41 Å². The first-order valence-corrected chi connectivity index (χ1v) is 9.32. The second-order valence-corrected chi connectivity index (χ2v) is 7.31. The summed E-state index contributed by atoms with van der Waals surface area (Å²) < 4.78 is 7.44. The zero-order valence-electron chi connectivity index (χ0n) is 15.1. The number of aryl methyl sites for hydroxylation is 2. The number of furan rings is 1. The molecule has 0 N–H and O–H groups in total. The van der Waals surface area contributed by atoms with Crippen LogP contribution < -0.4 is 4.80 Å². The number of rotatable bonds is 5. The van der Waals surface area contributed by atoms with Gasteiger partial charge in [0, 0.05) is 11.6 Å². The van der Waals surface area contributed by atoms with Crippen molar-refractivity contribution in [3.63, 3.8) is 0 Å². The molecule has 2 heterocycles. The van der Waals surface area contributed by atoms with Crippen molar-refractivity contribution in [1.82, 2.24) is 4.68 Å². The van der Waals surface area contributed by atoms with Crippen molar-refractivity contribution in [3.05, 3.63) is 57.9 Å². The lowest BCUT2D eigenvalue weighted by molar-refractivity contribution is 0.575. The van der Waals surface area contributed by atoms with Gasteiger partial charge in [-0.25, -0.2) is 9.67 Å². The summed E-state index contributed by atoms with van der Waals surface area (Å²) >= 11 is 1.57. The van der Waals surface area contributed by atoms with Crippen molar-refractivity contribution in [2.75, 3.05) is 0 Å². The molecular weight excluding hydrogens is 330 g/mol. The maximum atomic E-state index is 5.57. The highest BCUT2D eigenvalue weighted by Crippen LogP contribution is 2.24. The van der Waals surface area contributed by atoms with Gasteiger partial charge in [-0.05, 0) is 49.4 Å². The third-order valence-corrected chi connectivity index (χ3v) is 4.70. The van der Waals surface area contributed by atoms with E-state index < -0.39 is 0 Å². The van der Waals surface area contributed by atoms with E-state index in [9.17, 15) is 0 Å². The van der Waals surface area contributed by atoms with E-state index in [1.54, 1.807) is 17.6 Å². The minimum Gasteiger partial charge on any atom is -0.463 e. The average Bonchev–Trinajstić information content (AvgIpc) is 3.20. The van der Waals surface area contributed by atoms with Gasteiger partial charge in [0.1, 0.15) is 5.69 Å². The van der Waals surface area contributed by atoms with E-state index >= 15 is 0 Å². The summed E-state index contributed by atoms with van der Waals surface area (Å²) in [6, 6.07) is 10.1. The third kappa shape index (κ3) is 3.99. The summed E-state index contributed by atoms with van der Waals surface area (Å²) in [7, 11) is 0. The number of aromatic nitrogens is 1. The highest BCUT2D eigenvalue weighted by molar-refractivity contribution is 7.07. The normalized spacial score (nSPS) is 12.6. The lowest BCUT2D eigenvalue weighted by Crippen LogP contribution is -2.11. The van der Waals surface area contributed by atoms with Crippen molar-refractivity contribution in [1.29, 1.82) is 0 Å². The Balaban J connectivity index is 2.13. The highest BCUT2D eigenvalue weighted by Gasteiger charge is 2.10. The lowest BCUT2D eigenvalue weighted by Gasteiger charge is -2.04. The molecule has 1 aromatic carbocycles. The van der Waals surface area contributed by atoms with Crippen LogP contribution >= 0.6 is 11.3 Å². The molecule has 0 saturated heterocycles. The summed E-state index contributed by atoms with van der Waals surface area (Å²) in [5, 5.41) is 6.71. The molecule has 0 atom stereocenters. The minimum absolute atomic E-state index is 0.564. The van der Waals surface area contributed by atoms with Gasteiger partial charge in [0.2, 0.25) is 4.80 Å². The molecule has 5 heteroatoms. The van der Waals surface area contributed by atoms with Crippen LogP contribution in [0, 0.1) is 19.8 Å². The number of benzene rings is 1. The molecule has 3 aromatic rings.